The Morgan fingerprint density at radius 2 is 1.19 bits per heavy atom. The predicted octanol–water partition coefficient (Wildman–Crippen LogP) is 3.64. The van der Waals surface area contributed by atoms with Crippen LogP contribution in [0.3, 0.4) is 0 Å². The van der Waals surface area contributed by atoms with E-state index in [-0.39, 0.29) is 57.7 Å². The van der Waals surface area contributed by atoms with E-state index in [1.807, 2.05) is 0 Å². The van der Waals surface area contributed by atoms with E-state index in [0.717, 1.165) is 12.1 Å². The maximum Gasteiger partial charge on any atom is 0.258 e. The molecular weight excluding hydrogens is 453 g/mol. The number of benzene rings is 2. The van der Waals surface area contributed by atoms with Gasteiger partial charge in [0.15, 0.2) is 13.2 Å². The van der Waals surface area contributed by atoms with Crippen LogP contribution in [0, 0.1) is 11.6 Å². The standard InChI is InChI=1S/C21H18Cl2F2N2O4/c22-14-3-1-12(5-16(14)24)30-7-18(28)26-20-9-21(10-20,11-20)27-19(29)8-31-13-2-4-15(23)17(25)6-13/h1-6H,7-11H2,(H,26,28)(H,27,29). The van der Waals surface area contributed by atoms with Gasteiger partial charge in [-0.05, 0) is 43.5 Å². The van der Waals surface area contributed by atoms with Gasteiger partial charge in [0.25, 0.3) is 11.8 Å². The molecular formula is C21H18Cl2F2N2O4. The Morgan fingerprint density at radius 3 is 1.55 bits per heavy atom. The minimum absolute atomic E-state index is 0.0243. The third kappa shape index (κ3) is 4.70. The summed E-state index contributed by atoms with van der Waals surface area (Å²) >= 11 is 11.2. The van der Waals surface area contributed by atoms with Crippen molar-refractivity contribution in [1.82, 2.24) is 10.6 Å². The van der Waals surface area contributed by atoms with E-state index in [1.165, 1.54) is 24.3 Å². The topological polar surface area (TPSA) is 76.7 Å². The molecule has 0 saturated heterocycles. The smallest absolute Gasteiger partial charge is 0.258 e. The van der Waals surface area contributed by atoms with Crippen LogP contribution in [0.25, 0.3) is 0 Å². The molecule has 5 rings (SSSR count). The van der Waals surface area contributed by atoms with Crippen molar-refractivity contribution in [3.63, 3.8) is 0 Å². The van der Waals surface area contributed by atoms with Gasteiger partial charge in [-0.1, -0.05) is 23.2 Å². The zero-order chi connectivity index (χ0) is 22.2. The lowest BCUT2D eigenvalue weighted by Crippen LogP contribution is -2.84. The summed E-state index contributed by atoms with van der Waals surface area (Å²) in [4.78, 5) is 24.3. The Balaban J connectivity index is 1.17. The van der Waals surface area contributed by atoms with Crippen molar-refractivity contribution in [1.29, 1.82) is 0 Å². The van der Waals surface area contributed by atoms with Gasteiger partial charge in [0.2, 0.25) is 0 Å². The number of hydrogen-bond donors (Lipinski definition) is 2. The Labute approximate surface area is 186 Å². The fraction of sp³-hybridized carbons (Fsp3) is 0.333. The summed E-state index contributed by atoms with van der Waals surface area (Å²) < 4.78 is 37.4. The van der Waals surface area contributed by atoms with Crippen molar-refractivity contribution in [3.8, 4) is 11.5 Å². The summed E-state index contributed by atoms with van der Waals surface area (Å²) in [6.07, 6.45) is 1.80. The third-order valence-corrected chi connectivity index (χ3v) is 5.97. The van der Waals surface area contributed by atoms with Gasteiger partial charge in [-0.15, -0.1) is 0 Å². The fourth-order valence-corrected chi connectivity index (χ4v) is 4.38. The highest BCUT2D eigenvalue weighted by molar-refractivity contribution is 6.31. The van der Waals surface area contributed by atoms with Gasteiger partial charge >= 0.3 is 0 Å². The van der Waals surface area contributed by atoms with Crippen LogP contribution in [-0.2, 0) is 9.59 Å². The van der Waals surface area contributed by atoms with E-state index in [0.29, 0.717) is 19.3 Å². The fourth-order valence-electron chi connectivity index (χ4n) is 4.15. The molecule has 0 radical (unpaired) electrons. The molecule has 3 aliphatic carbocycles. The van der Waals surface area contributed by atoms with E-state index in [1.54, 1.807) is 0 Å². The first kappa shape index (κ1) is 21.6. The predicted molar refractivity (Wildman–Crippen MR) is 109 cm³/mol. The molecule has 3 fully saturated rings. The van der Waals surface area contributed by atoms with Crippen molar-refractivity contribution in [2.45, 2.75) is 30.3 Å². The summed E-state index contributed by atoms with van der Waals surface area (Å²) in [7, 11) is 0. The van der Waals surface area contributed by atoms with Gasteiger partial charge in [0.05, 0.1) is 10.0 Å². The molecule has 2 N–H and O–H groups in total. The second kappa shape index (κ2) is 8.16. The number of carbonyl (C=O) groups is 2. The average molecular weight is 471 g/mol. The van der Waals surface area contributed by atoms with Crippen LogP contribution in [0.5, 0.6) is 11.5 Å². The molecule has 2 bridgehead atoms. The van der Waals surface area contributed by atoms with Crippen LogP contribution < -0.4 is 20.1 Å². The van der Waals surface area contributed by atoms with Crippen LogP contribution in [0.2, 0.25) is 10.0 Å². The molecule has 2 aromatic rings. The quantitative estimate of drug-likeness (QED) is 0.617. The molecule has 10 heteroatoms. The van der Waals surface area contributed by atoms with Crippen LogP contribution in [0.4, 0.5) is 8.78 Å². The second-order valence-corrected chi connectivity index (χ2v) is 8.73. The number of hydrogen-bond acceptors (Lipinski definition) is 4. The maximum absolute atomic E-state index is 13.4. The molecule has 0 spiro atoms. The Hall–Kier alpha value is -2.58. The van der Waals surface area contributed by atoms with Crippen molar-refractivity contribution in [2.24, 2.45) is 0 Å². The minimum Gasteiger partial charge on any atom is -0.484 e. The van der Waals surface area contributed by atoms with Gasteiger partial charge in [0.1, 0.15) is 23.1 Å². The highest BCUT2D eigenvalue weighted by Gasteiger charge is 2.69. The molecule has 164 valence electrons. The Kier molecular flexibility index (Phi) is 5.70. The Bertz CT molecular complexity index is 951. The lowest BCUT2D eigenvalue weighted by atomic mass is 9.44. The van der Waals surface area contributed by atoms with Crippen LogP contribution >= 0.6 is 23.2 Å². The largest absolute Gasteiger partial charge is 0.484 e. The van der Waals surface area contributed by atoms with Crippen molar-refractivity contribution >= 4 is 35.0 Å². The van der Waals surface area contributed by atoms with Crippen LogP contribution in [0.15, 0.2) is 36.4 Å². The van der Waals surface area contributed by atoms with E-state index < -0.39 is 11.6 Å². The lowest BCUT2D eigenvalue weighted by Gasteiger charge is -2.70. The number of amides is 2. The second-order valence-electron chi connectivity index (χ2n) is 7.92. The molecule has 0 unspecified atom stereocenters. The van der Waals surface area contributed by atoms with Crippen LogP contribution in [-0.4, -0.2) is 36.1 Å². The number of ether oxygens (including phenoxy) is 2. The third-order valence-electron chi connectivity index (χ3n) is 5.36. The highest BCUT2D eigenvalue weighted by atomic mass is 35.5. The van der Waals surface area contributed by atoms with Gasteiger partial charge in [-0.25, -0.2) is 8.78 Å². The molecule has 0 aliphatic heterocycles. The normalized spacial score (nSPS) is 23.2. The molecule has 2 aromatic carbocycles. The lowest BCUT2D eigenvalue weighted by molar-refractivity contribution is -0.151. The maximum atomic E-state index is 13.4. The highest BCUT2D eigenvalue weighted by Crippen LogP contribution is 2.60. The van der Waals surface area contributed by atoms with E-state index >= 15 is 0 Å². The first-order chi connectivity index (χ1) is 14.7. The molecule has 3 aliphatic rings. The molecule has 0 atom stereocenters. The summed E-state index contributed by atoms with van der Waals surface area (Å²) in [5.74, 6) is -1.49. The van der Waals surface area contributed by atoms with Crippen molar-refractivity contribution < 1.29 is 27.8 Å². The molecule has 6 nitrogen and oxygen atoms in total. The van der Waals surface area contributed by atoms with Crippen LogP contribution in [0.1, 0.15) is 19.3 Å². The van der Waals surface area contributed by atoms with Crippen molar-refractivity contribution in [2.75, 3.05) is 13.2 Å². The van der Waals surface area contributed by atoms with E-state index in [4.69, 9.17) is 32.7 Å². The van der Waals surface area contributed by atoms with E-state index in [2.05, 4.69) is 10.6 Å². The monoisotopic (exact) mass is 470 g/mol. The number of carbonyl (C=O) groups excluding carboxylic acids is 2. The van der Waals surface area contributed by atoms with Crippen molar-refractivity contribution in [3.05, 3.63) is 58.1 Å². The Morgan fingerprint density at radius 1 is 0.806 bits per heavy atom. The van der Waals surface area contributed by atoms with E-state index in [9.17, 15) is 18.4 Å². The summed E-state index contributed by atoms with van der Waals surface area (Å²) in [5.41, 5.74) is -0.724. The van der Waals surface area contributed by atoms with Gasteiger partial charge in [0, 0.05) is 23.2 Å². The summed E-state index contributed by atoms with van der Waals surface area (Å²) in [6.45, 7) is -0.513. The number of rotatable bonds is 8. The SMILES string of the molecule is O=C(COc1ccc(Cl)c(F)c1)NC12CC(NC(=O)COc3ccc(Cl)c(F)c3)(C1)C2. The first-order valence-corrected chi connectivity index (χ1v) is 10.2. The number of halogens is 4. The molecule has 2 amide bonds. The molecule has 3 saturated carbocycles. The summed E-state index contributed by atoms with van der Waals surface area (Å²) in [5, 5.41) is 5.76. The first-order valence-electron chi connectivity index (χ1n) is 9.45. The summed E-state index contributed by atoms with van der Waals surface area (Å²) in [6, 6.07) is 7.88. The molecule has 0 heterocycles. The van der Waals surface area contributed by atoms with Gasteiger partial charge < -0.3 is 20.1 Å². The zero-order valence-electron chi connectivity index (χ0n) is 16.1. The zero-order valence-corrected chi connectivity index (χ0v) is 17.7. The number of nitrogens with one attached hydrogen (secondary N) is 2. The van der Waals surface area contributed by atoms with Gasteiger partial charge in [-0.2, -0.15) is 0 Å². The molecule has 31 heavy (non-hydrogen) atoms. The minimum atomic E-state index is -0.623. The van der Waals surface area contributed by atoms with Gasteiger partial charge in [-0.3, -0.25) is 9.59 Å². The molecule has 0 aromatic heterocycles. The average Bonchev–Trinajstić information content (AvgIpc) is 2.67.